The van der Waals surface area contributed by atoms with Crippen LogP contribution in [-0.2, 0) is 0 Å². The van der Waals surface area contributed by atoms with E-state index < -0.39 is 41.2 Å². The summed E-state index contributed by atoms with van der Waals surface area (Å²) < 4.78 is 54.0. The largest absolute Gasteiger partial charge is 0.392 e. The number of aliphatic hydroxyl groups excluding tert-OH is 1. The third-order valence-corrected chi connectivity index (χ3v) is 3.91. The molecule has 1 N–H and O–H groups in total. The predicted molar refractivity (Wildman–Crippen MR) is 56.1 cm³/mol. The lowest BCUT2D eigenvalue weighted by atomic mass is 9.66. The molecule has 0 saturated carbocycles. The van der Waals surface area contributed by atoms with Crippen molar-refractivity contribution in [2.45, 2.75) is 31.3 Å². The zero-order valence-electron chi connectivity index (χ0n) is 9.48. The fourth-order valence-electron chi connectivity index (χ4n) is 3.04. The highest BCUT2D eigenvalue weighted by Gasteiger charge is 2.44. The van der Waals surface area contributed by atoms with Crippen molar-refractivity contribution in [3.63, 3.8) is 0 Å². The van der Waals surface area contributed by atoms with E-state index in [1.807, 2.05) is 0 Å². The van der Waals surface area contributed by atoms with Gasteiger partial charge in [0.25, 0.3) is 0 Å². The van der Waals surface area contributed by atoms with Crippen molar-refractivity contribution < 1.29 is 22.7 Å². The molecule has 0 heterocycles. The van der Waals surface area contributed by atoms with Crippen LogP contribution in [-0.4, -0.2) is 11.2 Å². The van der Waals surface area contributed by atoms with Gasteiger partial charge in [-0.05, 0) is 13.3 Å². The summed E-state index contributed by atoms with van der Waals surface area (Å²) in [6.07, 6.45) is 0.924. The topological polar surface area (TPSA) is 20.2 Å². The highest BCUT2D eigenvalue weighted by Crippen LogP contribution is 2.51. The molecular formula is C13H10F4O. The fraction of sp³-hybridized carbons (Fsp3) is 0.385. The zero-order valence-corrected chi connectivity index (χ0v) is 9.48. The summed E-state index contributed by atoms with van der Waals surface area (Å²) in [7, 11) is 0. The highest BCUT2D eigenvalue weighted by molar-refractivity contribution is 5.50. The number of fused-ring (bicyclic) bond motifs is 1. The minimum absolute atomic E-state index is 0.137. The summed E-state index contributed by atoms with van der Waals surface area (Å²) in [5.74, 6) is -7.68. The Hall–Kier alpha value is -1.36. The van der Waals surface area contributed by atoms with E-state index in [2.05, 4.69) is 0 Å². The molecule has 18 heavy (non-hydrogen) atoms. The van der Waals surface area contributed by atoms with Gasteiger partial charge < -0.3 is 5.11 Å². The Morgan fingerprint density at radius 1 is 1.00 bits per heavy atom. The van der Waals surface area contributed by atoms with Crippen LogP contribution >= 0.6 is 0 Å². The smallest absolute Gasteiger partial charge is 0.197 e. The lowest BCUT2D eigenvalue weighted by Gasteiger charge is -2.40. The molecule has 0 spiro atoms. The maximum Gasteiger partial charge on any atom is 0.197 e. The van der Waals surface area contributed by atoms with E-state index in [0.717, 1.165) is 5.57 Å². The van der Waals surface area contributed by atoms with Gasteiger partial charge in [-0.2, -0.15) is 0 Å². The summed E-state index contributed by atoms with van der Waals surface area (Å²) in [6, 6.07) is 0. The standard InChI is InChI=1S/C13H10F4O/c1-4-2-6-7(18)3-5(4)8-9(6)11(15)13(17)12(16)10(8)14/h2,5-7,18H,3H2,1H3/t5-,6-,7-/m0/s1. The molecule has 4 rings (SSSR count). The third kappa shape index (κ3) is 1.25. The molecule has 0 unspecified atom stereocenters. The zero-order chi connectivity index (χ0) is 13.2. The number of halogens is 4. The first kappa shape index (κ1) is 11.7. The first-order valence-corrected chi connectivity index (χ1v) is 5.65. The summed E-state index contributed by atoms with van der Waals surface area (Å²) in [5.41, 5.74) is 0.379. The predicted octanol–water partition coefficient (Wildman–Crippen LogP) is 3.13. The third-order valence-electron chi connectivity index (χ3n) is 3.91. The van der Waals surface area contributed by atoms with Gasteiger partial charge in [0.2, 0.25) is 0 Å². The van der Waals surface area contributed by atoms with Crippen LogP contribution in [0.3, 0.4) is 0 Å². The van der Waals surface area contributed by atoms with Crippen LogP contribution in [0.15, 0.2) is 11.6 Å². The van der Waals surface area contributed by atoms with E-state index in [0.29, 0.717) is 0 Å². The first-order chi connectivity index (χ1) is 8.43. The van der Waals surface area contributed by atoms with E-state index in [1.165, 1.54) is 0 Å². The van der Waals surface area contributed by atoms with E-state index in [4.69, 9.17) is 0 Å². The van der Waals surface area contributed by atoms with Crippen LogP contribution in [0.4, 0.5) is 17.6 Å². The lowest BCUT2D eigenvalue weighted by molar-refractivity contribution is 0.123. The molecule has 0 fully saturated rings. The van der Waals surface area contributed by atoms with Crippen molar-refractivity contribution in [1.29, 1.82) is 0 Å². The molecule has 0 aliphatic heterocycles. The van der Waals surface area contributed by atoms with Crippen LogP contribution in [0, 0.1) is 23.3 Å². The van der Waals surface area contributed by atoms with Gasteiger partial charge >= 0.3 is 0 Å². The van der Waals surface area contributed by atoms with Crippen molar-refractivity contribution in [2.24, 2.45) is 0 Å². The Kier molecular flexibility index (Phi) is 2.32. The SMILES string of the molecule is CC1=C[C@@H]2c3c(F)c(F)c(F)c(F)c3[C@H]1C[C@@H]2O. The Morgan fingerprint density at radius 3 is 2.17 bits per heavy atom. The number of benzene rings is 1. The van der Waals surface area contributed by atoms with Crippen LogP contribution < -0.4 is 0 Å². The minimum atomic E-state index is -1.81. The molecule has 0 saturated heterocycles. The molecule has 0 radical (unpaired) electrons. The molecule has 96 valence electrons. The first-order valence-electron chi connectivity index (χ1n) is 5.65. The maximum absolute atomic E-state index is 13.8. The lowest BCUT2D eigenvalue weighted by Crippen LogP contribution is -2.34. The fourth-order valence-corrected chi connectivity index (χ4v) is 3.04. The molecule has 5 heteroatoms. The van der Waals surface area contributed by atoms with Crippen molar-refractivity contribution in [1.82, 2.24) is 0 Å². The molecule has 1 aromatic rings. The van der Waals surface area contributed by atoms with Crippen LogP contribution in [0.25, 0.3) is 0 Å². The Morgan fingerprint density at radius 2 is 1.56 bits per heavy atom. The summed E-state index contributed by atoms with van der Waals surface area (Å²) >= 11 is 0. The van der Waals surface area contributed by atoms with Crippen LogP contribution in [0.1, 0.15) is 36.3 Å². The van der Waals surface area contributed by atoms with Gasteiger partial charge in [0.15, 0.2) is 23.3 Å². The van der Waals surface area contributed by atoms with Gasteiger partial charge in [-0.15, -0.1) is 0 Å². The second kappa shape index (κ2) is 3.57. The number of aliphatic hydroxyl groups is 1. The molecule has 0 amide bonds. The van der Waals surface area contributed by atoms with E-state index in [9.17, 15) is 22.7 Å². The average molecular weight is 258 g/mol. The molecular weight excluding hydrogens is 248 g/mol. The minimum Gasteiger partial charge on any atom is -0.392 e. The highest BCUT2D eigenvalue weighted by atomic mass is 19.2. The van der Waals surface area contributed by atoms with Crippen molar-refractivity contribution in [3.8, 4) is 0 Å². The van der Waals surface area contributed by atoms with E-state index >= 15 is 0 Å². The average Bonchev–Trinajstić information content (AvgIpc) is 2.34. The maximum atomic E-state index is 13.8. The Bertz CT molecular complexity index is 579. The molecule has 3 atom stereocenters. The van der Waals surface area contributed by atoms with E-state index in [1.54, 1.807) is 13.0 Å². The molecule has 1 nitrogen and oxygen atoms in total. The summed E-state index contributed by atoms with van der Waals surface area (Å²) in [4.78, 5) is 0. The normalized spacial score (nSPS) is 29.2. The van der Waals surface area contributed by atoms with Crippen LogP contribution in [0.5, 0.6) is 0 Å². The van der Waals surface area contributed by atoms with Crippen LogP contribution in [0.2, 0.25) is 0 Å². The molecule has 0 aromatic heterocycles. The number of hydrogen-bond donors (Lipinski definition) is 1. The van der Waals surface area contributed by atoms with Gasteiger partial charge in [-0.1, -0.05) is 11.6 Å². The van der Waals surface area contributed by atoms with Crippen molar-refractivity contribution in [2.75, 3.05) is 0 Å². The van der Waals surface area contributed by atoms with Gasteiger partial charge in [-0.3, -0.25) is 0 Å². The summed E-state index contributed by atoms with van der Waals surface area (Å²) in [5, 5.41) is 9.79. The van der Waals surface area contributed by atoms with Gasteiger partial charge in [-0.25, -0.2) is 17.6 Å². The second-order valence-electron chi connectivity index (χ2n) is 4.88. The van der Waals surface area contributed by atoms with Gasteiger partial charge in [0, 0.05) is 23.0 Å². The molecule has 2 bridgehead atoms. The number of rotatable bonds is 0. The number of hydrogen-bond acceptors (Lipinski definition) is 1. The quantitative estimate of drug-likeness (QED) is 0.328. The number of allylic oxidation sites excluding steroid dienone is 1. The Balaban J connectivity index is 2.37. The summed E-state index contributed by atoms with van der Waals surface area (Å²) in [6.45, 7) is 1.71. The molecule has 1 aromatic carbocycles. The van der Waals surface area contributed by atoms with Crippen molar-refractivity contribution >= 4 is 0 Å². The van der Waals surface area contributed by atoms with Gasteiger partial charge in [0.05, 0.1) is 6.10 Å². The van der Waals surface area contributed by atoms with E-state index in [-0.39, 0.29) is 17.5 Å². The molecule has 3 aliphatic rings. The van der Waals surface area contributed by atoms with Crippen molar-refractivity contribution in [3.05, 3.63) is 46.0 Å². The monoisotopic (exact) mass is 258 g/mol. The Labute approximate surface area is 101 Å². The second-order valence-corrected chi connectivity index (χ2v) is 4.88. The molecule has 3 aliphatic carbocycles. The van der Waals surface area contributed by atoms with Gasteiger partial charge in [0.1, 0.15) is 0 Å².